The van der Waals surface area contributed by atoms with Crippen LogP contribution in [0.4, 0.5) is 0 Å². The number of pyridine rings is 1. The summed E-state index contributed by atoms with van der Waals surface area (Å²) in [5.41, 5.74) is 0.965. The Morgan fingerprint density at radius 2 is 1.77 bits per heavy atom. The number of carbonyl (C=O) groups excluding carboxylic acids is 1. The standard InChI is InChI=1S/C17H20N2O3/c1-10(11-6-8-18-9-7-11)19-16(20)14-12-2-4-13(5-3-12)15(14)17(21)22/h2,4,6-10,12-15H,3,5H2,1H3,(H,19,20)(H,21,22)/t10-,12-,13-,14+,15+/m0/s1. The molecule has 5 atom stereocenters. The topological polar surface area (TPSA) is 79.3 Å². The lowest BCUT2D eigenvalue weighted by molar-refractivity contribution is -0.153. The van der Waals surface area contributed by atoms with Gasteiger partial charge >= 0.3 is 5.97 Å². The van der Waals surface area contributed by atoms with E-state index in [1.165, 1.54) is 0 Å². The second-order valence-corrected chi connectivity index (χ2v) is 6.19. The fourth-order valence-electron chi connectivity index (χ4n) is 3.73. The van der Waals surface area contributed by atoms with Gasteiger partial charge in [0.25, 0.3) is 0 Å². The van der Waals surface area contributed by atoms with E-state index in [-0.39, 0.29) is 23.8 Å². The van der Waals surface area contributed by atoms with Gasteiger partial charge in [-0.2, -0.15) is 0 Å². The third-order valence-corrected chi connectivity index (χ3v) is 4.90. The Kier molecular flexibility index (Phi) is 3.96. The van der Waals surface area contributed by atoms with Crippen molar-refractivity contribution in [3.05, 3.63) is 42.2 Å². The van der Waals surface area contributed by atoms with Crippen molar-refractivity contribution in [3.8, 4) is 0 Å². The molecule has 2 N–H and O–H groups in total. The summed E-state index contributed by atoms with van der Waals surface area (Å²) in [7, 11) is 0. The van der Waals surface area contributed by atoms with Crippen LogP contribution in [0.2, 0.25) is 0 Å². The van der Waals surface area contributed by atoms with E-state index in [2.05, 4.69) is 10.3 Å². The molecule has 2 bridgehead atoms. The van der Waals surface area contributed by atoms with Crippen LogP contribution in [-0.2, 0) is 9.59 Å². The third kappa shape index (κ3) is 2.63. The number of nitrogens with one attached hydrogen (secondary N) is 1. The molecule has 1 aromatic rings. The molecule has 1 fully saturated rings. The van der Waals surface area contributed by atoms with Crippen molar-refractivity contribution >= 4 is 11.9 Å². The molecule has 1 amide bonds. The van der Waals surface area contributed by atoms with E-state index in [0.29, 0.717) is 0 Å². The Bertz CT molecular complexity index is 599. The van der Waals surface area contributed by atoms with Crippen molar-refractivity contribution in [2.45, 2.75) is 25.8 Å². The average molecular weight is 300 g/mol. The van der Waals surface area contributed by atoms with Crippen LogP contribution in [0.15, 0.2) is 36.7 Å². The lowest BCUT2D eigenvalue weighted by Gasteiger charge is -2.42. The van der Waals surface area contributed by atoms with Crippen LogP contribution in [0.25, 0.3) is 0 Å². The molecule has 1 aromatic heterocycles. The lowest BCUT2D eigenvalue weighted by atomic mass is 9.62. The smallest absolute Gasteiger partial charge is 0.307 e. The Balaban J connectivity index is 1.76. The molecule has 0 saturated heterocycles. The fraction of sp³-hybridized carbons (Fsp3) is 0.471. The normalized spacial score (nSPS) is 30.8. The van der Waals surface area contributed by atoms with Gasteiger partial charge < -0.3 is 10.4 Å². The van der Waals surface area contributed by atoms with E-state index in [4.69, 9.17) is 0 Å². The number of hydrogen-bond acceptors (Lipinski definition) is 3. The van der Waals surface area contributed by atoms with Gasteiger partial charge in [0.15, 0.2) is 0 Å². The van der Waals surface area contributed by atoms with Crippen LogP contribution < -0.4 is 5.32 Å². The molecule has 1 heterocycles. The zero-order chi connectivity index (χ0) is 15.7. The number of carbonyl (C=O) groups is 2. The van der Waals surface area contributed by atoms with Gasteiger partial charge in [0, 0.05) is 12.4 Å². The Morgan fingerprint density at radius 3 is 2.32 bits per heavy atom. The highest BCUT2D eigenvalue weighted by molar-refractivity contribution is 5.86. The molecular weight excluding hydrogens is 280 g/mol. The molecule has 3 aliphatic rings. The maximum absolute atomic E-state index is 12.7. The summed E-state index contributed by atoms with van der Waals surface area (Å²) in [6, 6.07) is 3.55. The Morgan fingerprint density at radius 1 is 1.18 bits per heavy atom. The Labute approximate surface area is 129 Å². The molecule has 1 saturated carbocycles. The highest BCUT2D eigenvalue weighted by atomic mass is 16.4. The molecule has 0 aromatic carbocycles. The molecular formula is C17H20N2O3. The van der Waals surface area contributed by atoms with Gasteiger partial charge in [-0.1, -0.05) is 12.2 Å². The predicted molar refractivity (Wildman–Crippen MR) is 80.8 cm³/mol. The maximum Gasteiger partial charge on any atom is 0.307 e. The van der Waals surface area contributed by atoms with Gasteiger partial charge in [-0.3, -0.25) is 14.6 Å². The van der Waals surface area contributed by atoms with Crippen molar-refractivity contribution in [1.82, 2.24) is 10.3 Å². The van der Waals surface area contributed by atoms with E-state index in [9.17, 15) is 14.7 Å². The summed E-state index contributed by atoms with van der Waals surface area (Å²) in [5.74, 6) is -2.07. The molecule has 0 radical (unpaired) electrons. The molecule has 5 nitrogen and oxygen atoms in total. The third-order valence-electron chi connectivity index (χ3n) is 4.90. The first-order chi connectivity index (χ1) is 10.6. The van der Waals surface area contributed by atoms with Gasteiger partial charge in [0.05, 0.1) is 17.9 Å². The van der Waals surface area contributed by atoms with Crippen LogP contribution in [0, 0.1) is 23.7 Å². The minimum Gasteiger partial charge on any atom is -0.481 e. The molecule has 4 rings (SSSR count). The number of aromatic nitrogens is 1. The van der Waals surface area contributed by atoms with Crippen molar-refractivity contribution in [3.63, 3.8) is 0 Å². The average Bonchev–Trinajstić information content (AvgIpc) is 2.55. The number of aliphatic carboxylic acids is 1. The first-order valence-electron chi connectivity index (χ1n) is 7.69. The molecule has 116 valence electrons. The van der Waals surface area contributed by atoms with E-state index < -0.39 is 17.8 Å². The summed E-state index contributed by atoms with van der Waals surface area (Å²) in [5, 5.41) is 12.5. The van der Waals surface area contributed by atoms with Crippen molar-refractivity contribution in [2.24, 2.45) is 23.7 Å². The van der Waals surface area contributed by atoms with Gasteiger partial charge in [-0.05, 0) is 49.3 Å². The second kappa shape index (κ2) is 5.91. The van der Waals surface area contributed by atoms with Gasteiger partial charge in [0.1, 0.15) is 0 Å². The summed E-state index contributed by atoms with van der Waals surface area (Å²) >= 11 is 0. The second-order valence-electron chi connectivity index (χ2n) is 6.19. The minimum atomic E-state index is -0.865. The summed E-state index contributed by atoms with van der Waals surface area (Å²) in [6.07, 6.45) is 9.12. The number of rotatable bonds is 4. The fourth-order valence-corrected chi connectivity index (χ4v) is 3.73. The number of hydrogen-bond donors (Lipinski definition) is 2. The van der Waals surface area contributed by atoms with Crippen LogP contribution >= 0.6 is 0 Å². The maximum atomic E-state index is 12.7. The minimum absolute atomic E-state index is 0.0190. The largest absolute Gasteiger partial charge is 0.481 e. The monoisotopic (exact) mass is 300 g/mol. The number of fused-ring (bicyclic) bond motifs is 2. The molecule has 3 aliphatic carbocycles. The van der Waals surface area contributed by atoms with Crippen LogP contribution in [0.1, 0.15) is 31.4 Å². The zero-order valence-electron chi connectivity index (χ0n) is 12.5. The Hall–Kier alpha value is -2.17. The number of carboxylic acids is 1. The van der Waals surface area contributed by atoms with Gasteiger partial charge in [-0.25, -0.2) is 0 Å². The highest BCUT2D eigenvalue weighted by Gasteiger charge is 2.48. The van der Waals surface area contributed by atoms with Crippen LogP contribution in [-0.4, -0.2) is 22.0 Å². The van der Waals surface area contributed by atoms with Crippen LogP contribution in [0.3, 0.4) is 0 Å². The molecule has 5 heteroatoms. The van der Waals surface area contributed by atoms with Crippen molar-refractivity contribution < 1.29 is 14.7 Å². The molecule has 0 spiro atoms. The summed E-state index contributed by atoms with van der Waals surface area (Å²) in [4.78, 5) is 28.2. The van der Waals surface area contributed by atoms with Crippen molar-refractivity contribution in [1.29, 1.82) is 0 Å². The number of allylic oxidation sites excluding steroid dienone is 2. The summed E-state index contributed by atoms with van der Waals surface area (Å²) < 4.78 is 0. The van der Waals surface area contributed by atoms with Crippen molar-refractivity contribution in [2.75, 3.05) is 0 Å². The SMILES string of the molecule is C[C@H](NC(=O)[C@H]1[C@H](C(=O)O)[C@H]2C=C[C@H]1CC2)c1ccncc1. The molecule has 22 heavy (non-hydrogen) atoms. The molecule has 0 aliphatic heterocycles. The quantitative estimate of drug-likeness (QED) is 0.835. The number of carboxylic acid groups (broad SMARTS) is 1. The first kappa shape index (κ1) is 14.8. The van der Waals surface area contributed by atoms with Crippen LogP contribution in [0.5, 0.6) is 0 Å². The van der Waals surface area contributed by atoms with Gasteiger partial charge in [-0.15, -0.1) is 0 Å². The number of amides is 1. The first-order valence-corrected chi connectivity index (χ1v) is 7.69. The zero-order valence-corrected chi connectivity index (χ0v) is 12.5. The number of nitrogens with zero attached hydrogens (tertiary/aromatic N) is 1. The summed E-state index contributed by atoms with van der Waals surface area (Å²) in [6.45, 7) is 1.90. The van der Waals surface area contributed by atoms with E-state index in [0.717, 1.165) is 18.4 Å². The van der Waals surface area contributed by atoms with E-state index in [1.54, 1.807) is 12.4 Å². The lowest BCUT2D eigenvalue weighted by Crippen LogP contribution is -2.49. The van der Waals surface area contributed by atoms with E-state index in [1.807, 2.05) is 31.2 Å². The molecule has 0 unspecified atom stereocenters. The van der Waals surface area contributed by atoms with Gasteiger partial charge in [0.2, 0.25) is 5.91 Å². The van der Waals surface area contributed by atoms with E-state index >= 15 is 0 Å². The highest BCUT2D eigenvalue weighted by Crippen LogP contribution is 2.45. The predicted octanol–water partition coefficient (Wildman–Crippen LogP) is 2.17.